The van der Waals surface area contributed by atoms with Crippen molar-refractivity contribution in [3.8, 4) is 11.5 Å². The molecule has 2 rings (SSSR count). The first-order chi connectivity index (χ1) is 10.6. The van der Waals surface area contributed by atoms with Crippen molar-refractivity contribution in [2.24, 2.45) is 0 Å². The van der Waals surface area contributed by atoms with E-state index in [2.05, 4.69) is 10.6 Å². The van der Waals surface area contributed by atoms with Gasteiger partial charge in [0.05, 0.1) is 26.5 Å². The fraction of sp³-hybridized carbons (Fsp3) is 0.235. The Morgan fingerprint density at radius 3 is 2.50 bits per heavy atom. The summed E-state index contributed by atoms with van der Waals surface area (Å²) in [7, 11) is 3.17. The highest BCUT2D eigenvalue weighted by Gasteiger charge is 2.08. The van der Waals surface area contributed by atoms with Crippen molar-refractivity contribution in [3.63, 3.8) is 0 Å². The van der Waals surface area contributed by atoms with E-state index in [1.165, 1.54) is 0 Å². The van der Waals surface area contributed by atoms with E-state index in [9.17, 15) is 4.79 Å². The minimum absolute atomic E-state index is 0.118. The number of anilines is 2. The van der Waals surface area contributed by atoms with Crippen LogP contribution in [0.1, 0.15) is 5.56 Å². The predicted octanol–water partition coefficient (Wildman–Crippen LogP) is 3.06. The summed E-state index contributed by atoms with van der Waals surface area (Å²) in [6.07, 6.45) is 0. The second kappa shape index (κ2) is 7.36. The zero-order chi connectivity index (χ0) is 15.9. The standard InChI is InChI=1S/C17H20N2O3/c1-12-6-4-5-7-14(12)19-17(20)11-18-15-9-8-13(21-2)10-16(15)22-3/h4-10,18H,11H2,1-3H3,(H,19,20). The Kier molecular flexibility index (Phi) is 5.25. The summed E-state index contributed by atoms with van der Waals surface area (Å²) >= 11 is 0. The summed E-state index contributed by atoms with van der Waals surface area (Å²) in [5.41, 5.74) is 2.58. The highest BCUT2D eigenvalue weighted by molar-refractivity contribution is 5.94. The van der Waals surface area contributed by atoms with Gasteiger partial charge in [0.1, 0.15) is 11.5 Å². The minimum Gasteiger partial charge on any atom is -0.497 e. The summed E-state index contributed by atoms with van der Waals surface area (Å²) in [5, 5.41) is 5.94. The van der Waals surface area contributed by atoms with Crippen LogP contribution in [0.15, 0.2) is 42.5 Å². The largest absolute Gasteiger partial charge is 0.497 e. The Morgan fingerprint density at radius 2 is 1.82 bits per heavy atom. The number of nitrogens with one attached hydrogen (secondary N) is 2. The lowest BCUT2D eigenvalue weighted by atomic mass is 10.2. The molecule has 2 N–H and O–H groups in total. The van der Waals surface area contributed by atoms with Gasteiger partial charge in [-0.05, 0) is 30.7 Å². The lowest BCUT2D eigenvalue weighted by Crippen LogP contribution is -2.22. The smallest absolute Gasteiger partial charge is 0.243 e. The lowest BCUT2D eigenvalue weighted by molar-refractivity contribution is -0.114. The van der Waals surface area contributed by atoms with E-state index in [-0.39, 0.29) is 12.5 Å². The summed E-state index contributed by atoms with van der Waals surface area (Å²) in [6, 6.07) is 13.1. The van der Waals surface area contributed by atoms with Gasteiger partial charge in [0.25, 0.3) is 0 Å². The van der Waals surface area contributed by atoms with Crippen molar-refractivity contribution < 1.29 is 14.3 Å². The molecular formula is C17H20N2O3. The van der Waals surface area contributed by atoms with Gasteiger partial charge in [-0.2, -0.15) is 0 Å². The van der Waals surface area contributed by atoms with Gasteiger partial charge in [0, 0.05) is 11.8 Å². The fourth-order valence-corrected chi connectivity index (χ4v) is 2.03. The number of benzene rings is 2. The SMILES string of the molecule is COc1ccc(NCC(=O)Nc2ccccc2C)c(OC)c1. The summed E-state index contributed by atoms with van der Waals surface area (Å²) < 4.78 is 10.4. The Morgan fingerprint density at radius 1 is 1.05 bits per heavy atom. The predicted molar refractivity (Wildman–Crippen MR) is 87.8 cm³/mol. The molecule has 2 aromatic rings. The maximum atomic E-state index is 12.0. The summed E-state index contributed by atoms with van der Waals surface area (Å²) in [6.45, 7) is 2.10. The molecule has 0 atom stereocenters. The Balaban J connectivity index is 1.98. The average molecular weight is 300 g/mol. The maximum Gasteiger partial charge on any atom is 0.243 e. The number of hydrogen-bond donors (Lipinski definition) is 2. The normalized spacial score (nSPS) is 9.95. The number of para-hydroxylation sites is 1. The highest BCUT2D eigenvalue weighted by atomic mass is 16.5. The Hall–Kier alpha value is -2.69. The van der Waals surface area contributed by atoms with E-state index in [1.54, 1.807) is 20.3 Å². The molecule has 0 aromatic heterocycles. The quantitative estimate of drug-likeness (QED) is 0.861. The van der Waals surface area contributed by atoms with E-state index < -0.39 is 0 Å². The highest BCUT2D eigenvalue weighted by Crippen LogP contribution is 2.28. The van der Waals surface area contributed by atoms with Crippen molar-refractivity contribution in [2.45, 2.75) is 6.92 Å². The van der Waals surface area contributed by atoms with Crippen LogP contribution in [0, 0.1) is 6.92 Å². The van der Waals surface area contributed by atoms with Crippen molar-refractivity contribution in [2.75, 3.05) is 31.4 Å². The number of carbonyl (C=O) groups excluding carboxylic acids is 1. The zero-order valence-electron chi connectivity index (χ0n) is 13.0. The van der Waals surface area contributed by atoms with E-state index in [4.69, 9.17) is 9.47 Å². The molecule has 5 heteroatoms. The molecule has 5 nitrogen and oxygen atoms in total. The van der Waals surface area contributed by atoms with Gasteiger partial charge < -0.3 is 20.1 Å². The van der Waals surface area contributed by atoms with Crippen LogP contribution in [0.4, 0.5) is 11.4 Å². The molecule has 0 aliphatic rings. The number of amides is 1. The first-order valence-electron chi connectivity index (χ1n) is 6.95. The molecule has 0 spiro atoms. The van der Waals surface area contributed by atoms with Gasteiger partial charge in [-0.3, -0.25) is 4.79 Å². The van der Waals surface area contributed by atoms with Crippen molar-refractivity contribution in [1.29, 1.82) is 0 Å². The minimum atomic E-state index is -0.118. The monoisotopic (exact) mass is 300 g/mol. The van der Waals surface area contributed by atoms with Crippen LogP contribution in [0.25, 0.3) is 0 Å². The topological polar surface area (TPSA) is 59.6 Å². The van der Waals surface area contributed by atoms with Crippen molar-refractivity contribution >= 4 is 17.3 Å². The maximum absolute atomic E-state index is 12.0. The van der Waals surface area contributed by atoms with E-state index in [1.807, 2.05) is 43.3 Å². The molecule has 22 heavy (non-hydrogen) atoms. The number of aryl methyl sites for hydroxylation is 1. The molecule has 0 aliphatic carbocycles. The lowest BCUT2D eigenvalue weighted by Gasteiger charge is -2.13. The van der Waals surface area contributed by atoms with E-state index >= 15 is 0 Å². The molecule has 0 radical (unpaired) electrons. The molecule has 116 valence electrons. The molecule has 0 fully saturated rings. The van der Waals surface area contributed by atoms with Gasteiger partial charge in [0.2, 0.25) is 5.91 Å². The third kappa shape index (κ3) is 3.91. The Bertz CT molecular complexity index is 656. The third-order valence-corrected chi connectivity index (χ3v) is 3.27. The van der Waals surface area contributed by atoms with Crippen LogP contribution in [-0.2, 0) is 4.79 Å². The number of ether oxygens (including phenoxy) is 2. The van der Waals surface area contributed by atoms with Crippen LogP contribution < -0.4 is 20.1 Å². The molecule has 2 aromatic carbocycles. The molecular weight excluding hydrogens is 280 g/mol. The second-order valence-electron chi connectivity index (χ2n) is 4.78. The van der Waals surface area contributed by atoms with E-state index in [0.29, 0.717) is 11.5 Å². The molecule has 0 saturated carbocycles. The molecule has 0 saturated heterocycles. The van der Waals surface area contributed by atoms with Gasteiger partial charge in [0.15, 0.2) is 0 Å². The zero-order valence-corrected chi connectivity index (χ0v) is 13.0. The second-order valence-corrected chi connectivity index (χ2v) is 4.78. The van der Waals surface area contributed by atoms with Crippen molar-refractivity contribution in [1.82, 2.24) is 0 Å². The van der Waals surface area contributed by atoms with Gasteiger partial charge in [-0.25, -0.2) is 0 Å². The molecule has 0 unspecified atom stereocenters. The summed E-state index contributed by atoms with van der Waals surface area (Å²) in [4.78, 5) is 12.0. The number of hydrogen-bond acceptors (Lipinski definition) is 4. The van der Waals surface area contributed by atoms with Crippen LogP contribution in [-0.4, -0.2) is 26.7 Å². The summed E-state index contributed by atoms with van der Waals surface area (Å²) in [5.74, 6) is 1.21. The molecule has 1 amide bonds. The first-order valence-corrected chi connectivity index (χ1v) is 6.95. The third-order valence-electron chi connectivity index (χ3n) is 3.27. The Labute approximate surface area is 130 Å². The molecule has 0 aliphatic heterocycles. The number of methoxy groups -OCH3 is 2. The van der Waals surface area contributed by atoms with Crippen LogP contribution in [0.2, 0.25) is 0 Å². The van der Waals surface area contributed by atoms with Crippen LogP contribution in [0.3, 0.4) is 0 Å². The first kappa shape index (κ1) is 15.7. The van der Waals surface area contributed by atoms with E-state index in [0.717, 1.165) is 16.9 Å². The molecule has 0 bridgehead atoms. The van der Waals surface area contributed by atoms with Crippen LogP contribution in [0.5, 0.6) is 11.5 Å². The number of carbonyl (C=O) groups is 1. The molecule has 0 heterocycles. The van der Waals surface area contributed by atoms with Crippen molar-refractivity contribution in [3.05, 3.63) is 48.0 Å². The van der Waals surface area contributed by atoms with Gasteiger partial charge >= 0.3 is 0 Å². The fourth-order valence-electron chi connectivity index (χ4n) is 2.03. The van der Waals surface area contributed by atoms with Gasteiger partial charge in [-0.15, -0.1) is 0 Å². The average Bonchev–Trinajstić information content (AvgIpc) is 2.55. The number of rotatable bonds is 6. The van der Waals surface area contributed by atoms with Gasteiger partial charge in [-0.1, -0.05) is 18.2 Å². The van der Waals surface area contributed by atoms with Crippen LogP contribution >= 0.6 is 0 Å².